The van der Waals surface area contributed by atoms with Crippen molar-refractivity contribution in [1.82, 2.24) is 5.32 Å². The Morgan fingerprint density at radius 2 is 1.80 bits per heavy atom. The van der Waals surface area contributed by atoms with E-state index in [2.05, 4.69) is 5.32 Å². The summed E-state index contributed by atoms with van der Waals surface area (Å²) < 4.78 is 10.2. The summed E-state index contributed by atoms with van der Waals surface area (Å²) >= 11 is 0. The summed E-state index contributed by atoms with van der Waals surface area (Å²) in [5, 5.41) is 3.05. The lowest BCUT2D eigenvalue weighted by Crippen LogP contribution is -2.18. The van der Waals surface area contributed by atoms with Gasteiger partial charge in [-0.3, -0.25) is 5.32 Å². The predicted molar refractivity (Wildman–Crippen MR) is 41.0 cm³/mol. The molecule has 0 aliphatic rings. The van der Waals surface area contributed by atoms with Gasteiger partial charge in [0.05, 0.1) is 19.9 Å². The average Bonchev–Trinajstić information content (AvgIpc) is 1.97. The van der Waals surface area contributed by atoms with Gasteiger partial charge in [-0.25, -0.2) is 0 Å². The summed E-state index contributed by atoms with van der Waals surface area (Å²) in [4.78, 5) is 0. The van der Waals surface area contributed by atoms with Crippen LogP contribution >= 0.6 is 0 Å². The van der Waals surface area contributed by atoms with Gasteiger partial charge in [0, 0.05) is 6.61 Å². The monoisotopic (exact) mass is 147 g/mol. The molecule has 0 fully saturated rings. The molecule has 0 unspecified atom stereocenters. The van der Waals surface area contributed by atoms with Gasteiger partial charge in [-0.15, -0.1) is 0 Å². The molecule has 0 saturated heterocycles. The van der Waals surface area contributed by atoms with Crippen molar-refractivity contribution in [2.45, 2.75) is 13.8 Å². The highest BCUT2D eigenvalue weighted by atomic mass is 16.5. The maximum absolute atomic E-state index is 5.14. The predicted octanol–water partition coefficient (Wildman–Crippen LogP) is 0.607. The zero-order valence-corrected chi connectivity index (χ0v) is 6.85. The van der Waals surface area contributed by atoms with Crippen molar-refractivity contribution in [1.29, 1.82) is 0 Å². The van der Waals surface area contributed by atoms with Crippen LogP contribution in [0.4, 0.5) is 0 Å². The lowest BCUT2D eigenvalue weighted by Gasteiger charge is -2.03. The number of nitrogens with one attached hydrogen (secondary N) is 1. The fraction of sp³-hybridized carbons (Fsp3) is 1.00. The molecule has 0 bridgehead atoms. The lowest BCUT2D eigenvalue weighted by molar-refractivity contribution is 0.0457. The van der Waals surface area contributed by atoms with E-state index in [0.717, 1.165) is 13.2 Å². The first-order chi connectivity index (χ1) is 4.91. The van der Waals surface area contributed by atoms with Crippen molar-refractivity contribution in [3.8, 4) is 0 Å². The average molecular weight is 147 g/mol. The van der Waals surface area contributed by atoms with Gasteiger partial charge in [0.25, 0.3) is 0 Å². The number of hydrogen-bond acceptors (Lipinski definition) is 3. The highest BCUT2D eigenvalue weighted by molar-refractivity contribution is 4.30. The van der Waals surface area contributed by atoms with Crippen LogP contribution in [0.2, 0.25) is 0 Å². The van der Waals surface area contributed by atoms with Crippen molar-refractivity contribution < 1.29 is 9.47 Å². The Hall–Kier alpha value is -0.120. The van der Waals surface area contributed by atoms with Gasteiger partial charge in [0.15, 0.2) is 0 Å². The first-order valence-corrected chi connectivity index (χ1v) is 3.78. The van der Waals surface area contributed by atoms with Gasteiger partial charge in [0.1, 0.15) is 0 Å². The molecular formula is C7H17NO2. The molecule has 0 rings (SSSR count). The van der Waals surface area contributed by atoms with Gasteiger partial charge in [-0.1, -0.05) is 6.92 Å². The Labute approximate surface area is 62.7 Å². The van der Waals surface area contributed by atoms with Crippen LogP contribution in [-0.2, 0) is 9.47 Å². The smallest absolute Gasteiger partial charge is 0.0966 e. The molecular weight excluding hydrogens is 130 g/mol. The summed E-state index contributed by atoms with van der Waals surface area (Å²) in [6, 6.07) is 0. The zero-order chi connectivity index (χ0) is 7.66. The topological polar surface area (TPSA) is 30.5 Å². The summed E-state index contributed by atoms with van der Waals surface area (Å²) in [7, 11) is 0. The SMILES string of the molecule is CCNCOCCOCC. The molecule has 0 aliphatic carbocycles. The number of ether oxygens (including phenoxy) is 2. The van der Waals surface area contributed by atoms with Crippen LogP contribution in [0.5, 0.6) is 0 Å². The highest BCUT2D eigenvalue weighted by Crippen LogP contribution is 1.75. The Morgan fingerprint density at radius 3 is 2.40 bits per heavy atom. The molecule has 0 aromatic heterocycles. The van der Waals surface area contributed by atoms with Crippen molar-refractivity contribution in [2.75, 3.05) is 33.1 Å². The van der Waals surface area contributed by atoms with E-state index in [1.807, 2.05) is 13.8 Å². The molecule has 0 spiro atoms. The summed E-state index contributed by atoms with van der Waals surface area (Å²) in [6.45, 7) is 7.75. The Morgan fingerprint density at radius 1 is 1.10 bits per heavy atom. The maximum Gasteiger partial charge on any atom is 0.0966 e. The Balaban J connectivity index is 2.65. The van der Waals surface area contributed by atoms with Crippen LogP contribution < -0.4 is 5.32 Å². The molecule has 0 atom stereocenters. The Bertz CT molecular complexity index is 51.6. The molecule has 0 radical (unpaired) electrons. The van der Waals surface area contributed by atoms with Crippen molar-refractivity contribution >= 4 is 0 Å². The number of hydrogen-bond donors (Lipinski definition) is 1. The first kappa shape index (κ1) is 9.88. The fourth-order valence-corrected chi connectivity index (χ4v) is 0.509. The molecule has 62 valence electrons. The minimum Gasteiger partial charge on any atom is -0.379 e. The molecule has 0 aliphatic heterocycles. The van der Waals surface area contributed by atoms with Crippen LogP contribution in [0.25, 0.3) is 0 Å². The van der Waals surface area contributed by atoms with Gasteiger partial charge in [-0.2, -0.15) is 0 Å². The van der Waals surface area contributed by atoms with E-state index < -0.39 is 0 Å². The summed E-state index contributed by atoms with van der Waals surface area (Å²) in [6.07, 6.45) is 0. The van der Waals surface area contributed by atoms with Crippen LogP contribution in [0, 0.1) is 0 Å². The molecule has 3 heteroatoms. The summed E-state index contributed by atoms with van der Waals surface area (Å²) in [5.74, 6) is 0. The van der Waals surface area contributed by atoms with E-state index in [4.69, 9.17) is 9.47 Å². The minimum absolute atomic E-state index is 0.629. The van der Waals surface area contributed by atoms with Gasteiger partial charge < -0.3 is 9.47 Å². The van der Waals surface area contributed by atoms with E-state index in [-0.39, 0.29) is 0 Å². The first-order valence-electron chi connectivity index (χ1n) is 3.78. The van der Waals surface area contributed by atoms with Gasteiger partial charge in [-0.05, 0) is 13.5 Å². The largest absolute Gasteiger partial charge is 0.379 e. The molecule has 0 amide bonds. The van der Waals surface area contributed by atoms with Crippen molar-refractivity contribution in [2.24, 2.45) is 0 Å². The van der Waals surface area contributed by atoms with Crippen LogP contribution in [0.15, 0.2) is 0 Å². The summed E-state index contributed by atoms with van der Waals surface area (Å²) in [5.41, 5.74) is 0. The van der Waals surface area contributed by atoms with Crippen LogP contribution in [0.1, 0.15) is 13.8 Å². The number of rotatable bonds is 7. The molecule has 10 heavy (non-hydrogen) atoms. The molecule has 1 N–H and O–H groups in total. The second-order valence-electron chi connectivity index (χ2n) is 1.85. The van der Waals surface area contributed by atoms with E-state index in [1.165, 1.54) is 0 Å². The third kappa shape index (κ3) is 7.88. The third-order valence-corrected chi connectivity index (χ3v) is 1.03. The molecule has 3 nitrogen and oxygen atoms in total. The van der Waals surface area contributed by atoms with E-state index in [9.17, 15) is 0 Å². The lowest BCUT2D eigenvalue weighted by atomic mass is 10.7. The zero-order valence-electron chi connectivity index (χ0n) is 6.85. The van der Waals surface area contributed by atoms with Gasteiger partial charge >= 0.3 is 0 Å². The quantitative estimate of drug-likeness (QED) is 0.422. The molecule has 0 aromatic carbocycles. The second-order valence-corrected chi connectivity index (χ2v) is 1.85. The van der Waals surface area contributed by atoms with Crippen molar-refractivity contribution in [3.63, 3.8) is 0 Å². The highest BCUT2D eigenvalue weighted by Gasteiger charge is 1.84. The minimum atomic E-state index is 0.629. The fourth-order valence-electron chi connectivity index (χ4n) is 0.509. The van der Waals surface area contributed by atoms with E-state index >= 15 is 0 Å². The molecule has 0 aromatic rings. The molecule has 0 heterocycles. The molecule has 0 saturated carbocycles. The van der Waals surface area contributed by atoms with E-state index in [0.29, 0.717) is 19.9 Å². The van der Waals surface area contributed by atoms with Crippen LogP contribution in [-0.4, -0.2) is 33.1 Å². The van der Waals surface area contributed by atoms with Crippen molar-refractivity contribution in [3.05, 3.63) is 0 Å². The standard InChI is InChI=1S/C7H17NO2/c1-3-8-7-10-6-5-9-4-2/h8H,3-7H2,1-2H3. The third-order valence-electron chi connectivity index (χ3n) is 1.03. The van der Waals surface area contributed by atoms with Crippen LogP contribution in [0.3, 0.4) is 0 Å². The Kier molecular flexibility index (Phi) is 8.77. The second kappa shape index (κ2) is 8.88. The van der Waals surface area contributed by atoms with Gasteiger partial charge in [0.2, 0.25) is 0 Å². The van der Waals surface area contributed by atoms with E-state index in [1.54, 1.807) is 0 Å². The normalized spacial score (nSPS) is 10.2. The maximum atomic E-state index is 5.14.